The van der Waals surface area contributed by atoms with Crippen molar-refractivity contribution in [2.45, 2.75) is 92.3 Å². The number of thiophene rings is 1. The van der Waals surface area contributed by atoms with E-state index in [1.54, 1.807) is 18.4 Å². The molecule has 1 saturated heterocycles. The maximum absolute atomic E-state index is 8.93. The van der Waals surface area contributed by atoms with Gasteiger partial charge in [-0.25, -0.2) is 0 Å². The fourth-order valence-electron chi connectivity index (χ4n) is 6.73. The Morgan fingerprint density at radius 2 is 1.77 bits per heavy atom. The summed E-state index contributed by atoms with van der Waals surface area (Å²) in [6.45, 7) is 18.7. The number of hydrogen-bond donors (Lipinski definition) is 0. The summed E-state index contributed by atoms with van der Waals surface area (Å²) in [5, 5.41) is 0.911. The quantitative estimate of drug-likeness (QED) is 0.158. The zero-order valence-electron chi connectivity index (χ0n) is 56.2. The van der Waals surface area contributed by atoms with Crippen LogP contribution in [-0.2, 0) is 0 Å². The Hall–Kier alpha value is -3.22. The van der Waals surface area contributed by atoms with Gasteiger partial charge in [-0.15, -0.1) is 11.3 Å². The predicted molar refractivity (Wildman–Crippen MR) is 484 cm³/mol. The van der Waals surface area contributed by atoms with Crippen LogP contribution in [0, 0.1) is 20.8 Å². The van der Waals surface area contributed by atoms with Gasteiger partial charge in [-0.05, 0) is 139 Å². The highest BCUT2D eigenvalue weighted by molar-refractivity contribution is 7.22. The van der Waals surface area contributed by atoms with Gasteiger partial charge in [0, 0.05) is 255 Å². The monoisotopic (exact) mass is 921 g/mol. The number of rotatable bonds is 10. The van der Waals surface area contributed by atoms with Crippen molar-refractivity contribution in [1.82, 2.24) is 4.90 Å². The molecule has 1 fully saturated rings. The Morgan fingerprint density at radius 1 is 1.07 bits per heavy atom. The van der Waals surface area contributed by atoms with Gasteiger partial charge in [0.25, 0.3) is 0 Å². The van der Waals surface area contributed by atoms with Crippen molar-refractivity contribution in [1.29, 1.82) is 0 Å². The minimum atomic E-state index is 0. The second kappa shape index (κ2) is 12.8. The first-order chi connectivity index (χ1) is 34.9. The summed E-state index contributed by atoms with van der Waals surface area (Å²) < 4.78 is 174. The molecule has 0 N–H and O–H groups in total. The first-order valence-electron chi connectivity index (χ1n) is 30.0. The Bertz CT molecular complexity index is 1790. The SMILES string of the molecule is [2H][2H].[2H][2H].[2H][2H].[2H][2H].[2H][2H].[2H][2H].[2H][2H].[2H][2H].[2H][2H].[2H][2H].[2H][2H].[2H][2H].[2H][2H].[2H][2H].[2H]c1c(OC)c(C)cc2c(Oc3ccc(OCC(C)N4C(C)CCCC4(C)C)cc3C)c(-c3ccc(OCC)cc3C)sc12.[HH].[HH].[HH].[HH].[HH].[HH].[HH].[HH].[HH].[HH].[HH].[HH].[HH].[HH].[HH].[HH].[HH].[HH].[HH].[HH].[HH].[HH].[HH].[HH].[HH].[HH].[HH].[HH].[HH].[HH].[HH].[HH].[HH].[HH].[HH].[HH].[HH].[HH].[HH].[HH].[HH].[HH].[HH].[HH].[HH].[HH].[HH].[HH].[HH].[HH].[HH].[HH].[HH].[HH].[HH].[HH].[HH].[HH].[HH].[HH].[HH].[HH].[HH].[HH].[HH].[HH].[HH].[HH].[HH].[HH].[HH].[HH].[HH].[HH].[HH].[HH].[HH].[HH].[HH].[HH].[HH].[HH].[HH].[HH].[HH].[HH].[HH].[HH].[HH].[HH].[HH].[HH].[HH].[HH].[HH].[HH].[HH].[HH].[HH].[HH].[HH].[HH].[HH].[HH].[HH].[HH].[HH].[HH].[HH].[HH].[HH].[HH].[HH].[HH].[HH].[HH].[HH].[HH].[HH].[HH].[HH].[HH].[HH].[HH].[HH].[HH].[HH].[HH].[HH].[HH]. The van der Waals surface area contributed by atoms with Crippen molar-refractivity contribution in [3.63, 3.8) is 0 Å². The van der Waals surface area contributed by atoms with Gasteiger partial charge in [-0.3, -0.25) is 4.90 Å². The van der Waals surface area contributed by atoms with Gasteiger partial charge >= 0.3 is 0 Å². The van der Waals surface area contributed by atoms with E-state index < -0.39 is 0 Å². The van der Waals surface area contributed by atoms with Crippen LogP contribution in [0.5, 0.6) is 28.7 Å². The highest BCUT2D eigenvalue weighted by atomic mass is 32.1. The molecular weight excluding hydrogens is 554 g/mol. The summed E-state index contributed by atoms with van der Waals surface area (Å²) in [5.41, 5.74) is 4.22. The highest BCUT2D eigenvalue weighted by Gasteiger charge is 2.37. The molecule has 43 heavy (non-hydrogen) atoms. The van der Waals surface area contributed by atoms with Gasteiger partial charge in [0.15, 0.2) is 5.75 Å². The van der Waals surface area contributed by atoms with Gasteiger partial charge < -0.3 is 18.9 Å². The van der Waals surface area contributed by atoms with E-state index in [-0.39, 0.29) is 191 Å². The summed E-state index contributed by atoms with van der Waals surface area (Å²) >= 11 is 1.57. The second-order valence-electron chi connectivity index (χ2n) is 12.5. The zero-order valence-corrected chi connectivity index (χ0v) is 28.0. The maximum Gasteiger partial charge on any atom is 0.153 e. The predicted octanol–water partition coefficient (Wildman–Crippen LogP) is 45.5. The molecule has 2 unspecified atom stereocenters. The number of aryl methyl sites for hydroxylation is 3. The number of likely N-dealkylation sites (tertiary alicyclic amines) is 1. The van der Waals surface area contributed by atoms with E-state index in [0.29, 0.717) is 37.1 Å². The van der Waals surface area contributed by atoms with Crippen molar-refractivity contribution in [2.24, 2.45) is 0 Å². The molecule has 5 nitrogen and oxygen atoms in total. The van der Waals surface area contributed by atoms with Crippen molar-refractivity contribution in [3.8, 4) is 39.2 Å². The molecule has 3 aromatic carbocycles. The molecule has 4 aromatic rings. The lowest BCUT2D eigenvalue weighted by Crippen LogP contribution is -2.57. The lowest BCUT2D eigenvalue weighted by atomic mass is 9.85. The Morgan fingerprint density at radius 3 is 2.44 bits per heavy atom. The normalized spacial score (nSPS) is 20.5. The van der Waals surface area contributed by atoms with E-state index in [2.05, 4.69) is 70.7 Å². The van der Waals surface area contributed by atoms with Gasteiger partial charge in [0.2, 0.25) is 0 Å². The van der Waals surface area contributed by atoms with Crippen LogP contribution in [0.15, 0.2) is 48.5 Å². The van der Waals surface area contributed by atoms with Crippen LogP contribution in [0.3, 0.4) is 0 Å². The molecule has 0 radical (unpaired) electrons. The number of fused-ring (bicyclic) bond motifs is 1. The molecule has 0 saturated carbocycles. The van der Waals surface area contributed by atoms with Gasteiger partial charge in [0.05, 0.1) is 20.0 Å². The summed E-state index contributed by atoms with van der Waals surface area (Å²) in [4.78, 5) is 3.61. The molecule has 0 aliphatic carbocycles. The number of nitrogens with zero attached hydrogens (tertiary/aromatic N) is 1. The number of hydrogen-bond acceptors (Lipinski definition) is 6. The molecule has 1 aromatic heterocycles. The van der Waals surface area contributed by atoms with E-state index >= 15 is 0 Å². The molecule has 518 valence electrons. The Labute approximate surface area is 499 Å². The third-order valence-corrected chi connectivity index (χ3v) is 9.85. The minimum absolute atomic E-state index is 0. The van der Waals surface area contributed by atoms with E-state index in [1.807, 2.05) is 32.0 Å². The van der Waals surface area contributed by atoms with E-state index in [4.69, 9.17) is 61.9 Å². The third kappa shape index (κ3) is 6.51. The second-order valence-corrected chi connectivity index (χ2v) is 13.6. The standard InChI is InChI=1S/C37H47NO4S.144H2/c1-10-40-28-13-15-30(23(2)18-28)36-35(31-20-25(4)33(39-9)21-34(31)43-36)42-32-16-14-29(19-24(32)3)41-22-27(6)38-26(5)12-11-17-37(38,7)8;;;;;;;;;;;;;;;;;;;;;;;;;;;;;;;;;;;;;;;;;;;;;;;;;;;;;;;;;;;;;;;;;;;;;;;;;;;;;;;;;;;;;;;;;;;;;;;;;;;;;;;;;;;;;;;;;;;;;;;;;;;;;;;;;;;;;;;;;;;;;;;;/h13-16,18-21,26-27H,10-12,17,22H2,1-9H3;144*1H/i21D;14*1+1D;;;;;;;;;;;;;;;;;;;;;;;;;;;;;;;;;;;;;;;;;;;;;;;;;;;;;;;;;;;;;;;;;;;;;;;;;;;;;;;;;;;;;;;;;;;;;;;;;;;;;;;;;;;;;;;;;;;;;;;;;;;;;;;;;;. The molecule has 1 aliphatic rings. The third-order valence-electron chi connectivity index (χ3n) is 8.71. The topological polar surface area (TPSA) is 40.2 Å². The van der Waals surface area contributed by atoms with Crippen molar-refractivity contribution in [2.75, 3.05) is 20.3 Å². The molecule has 1 aliphatic heterocycles. The lowest BCUT2D eigenvalue weighted by molar-refractivity contribution is -0.0169. The first-order valence-corrected chi connectivity index (χ1v) is 16.3. The van der Waals surface area contributed by atoms with E-state index in [9.17, 15) is 0 Å². The van der Waals surface area contributed by atoms with Gasteiger partial charge in [-0.2, -0.15) is 0 Å². The molecule has 0 bridgehead atoms. The molecule has 5 rings (SSSR count). The van der Waals surface area contributed by atoms with Crippen molar-refractivity contribution < 1.29 is 247 Å². The number of piperidine rings is 1. The van der Waals surface area contributed by atoms with Crippen LogP contribution in [0.2, 0.25) is 0 Å². The summed E-state index contributed by atoms with van der Waals surface area (Å²) in [6.07, 6.45) is 3.74. The van der Waals surface area contributed by atoms with Crippen LogP contribution >= 0.6 is 11.3 Å². The first kappa shape index (κ1) is 17.3. The number of methoxy groups -OCH3 is 1. The van der Waals surface area contributed by atoms with E-state index in [1.165, 1.54) is 19.3 Å². The maximum atomic E-state index is 8.93. The van der Waals surface area contributed by atoms with Crippen LogP contribution in [0.4, 0.5) is 0 Å². The minimum Gasteiger partial charge on any atom is -0.496 e. The average molecular weight is 921 g/mol. The summed E-state index contributed by atoms with van der Waals surface area (Å²) in [6, 6.07) is 15.5. The van der Waals surface area contributed by atoms with Crippen molar-refractivity contribution in [3.05, 3.63) is 65.2 Å². The largest absolute Gasteiger partial charge is 0.496 e. The smallest absolute Gasteiger partial charge is 0.153 e. The Balaban J connectivity index is -0.00000000168. The fourth-order valence-corrected chi connectivity index (χ4v) is 7.93. The summed E-state index contributed by atoms with van der Waals surface area (Å²) in [7, 11) is 1.62. The molecule has 0 amide bonds. The molecule has 2 atom stereocenters. The lowest BCUT2D eigenvalue weighted by Gasteiger charge is -2.49. The zero-order chi connectivity index (χ0) is 59.8. The number of benzene rings is 3. The number of ether oxygens (including phenoxy) is 4. The van der Waals surface area contributed by atoms with Crippen molar-refractivity contribution >= 4 is 21.4 Å². The van der Waals surface area contributed by atoms with Crippen LogP contribution < -0.4 is 18.9 Å². The fraction of sp³-hybridized carbons (Fsp3) is 0.459. The molecule has 0 spiro atoms. The van der Waals surface area contributed by atoms with E-state index in [0.717, 1.165) is 60.2 Å². The molecular formula is C37H335NO4S. The molecule has 2 heterocycles. The van der Waals surface area contributed by atoms with Crippen LogP contribution in [-0.4, -0.2) is 42.8 Å². The Kier molecular flexibility index (Phi) is 5.15. The average Bonchev–Trinajstić information content (AvgIpc) is 3.81. The van der Waals surface area contributed by atoms with Crippen LogP contribution in [0.25, 0.3) is 20.5 Å². The van der Waals surface area contributed by atoms with Gasteiger partial charge in [0.1, 0.15) is 29.6 Å². The molecule has 6 heteroatoms. The van der Waals surface area contributed by atoms with Gasteiger partial charge in [-0.1, -0.05) is 6.42 Å². The summed E-state index contributed by atoms with van der Waals surface area (Å²) in [5.74, 6) is 3.80. The highest BCUT2D eigenvalue weighted by Crippen LogP contribution is 2.49. The van der Waals surface area contributed by atoms with Crippen LogP contribution in [0.1, 0.15) is 299 Å².